The third kappa shape index (κ3) is 3.30. The van der Waals surface area contributed by atoms with Gasteiger partial charge in [0, 0.05) is 5.56 Å². The van der Waals surface area contributed by atoms with E-state index in [0.717, 1.165) is 22.8 Å². The molecule has 0 unspecified atom stereocenters. The molecule has 1 aliphatic rings. The van der Waals surface area contributed by atoms with E-state index >= 15 is 0 Å². The molecule has 5 heteroatoms. The van der Waals surface area contributed by atoms with Crippen molar-refractivity contribution in [2.45, 2.75) is 6.92 Å². The van der Waals surface area contributed by atoms with Crippen molar-refractivity contribution >= 4 is 29.6 Å². The molecule has 126 valence electrons. The highest BCUT2D eigenvalue weighted by Gasteiger charge is 2.28. The average molecular weight is 351 g/mol. The van der Waals surface area contributed by atoms with Gasteiger partial charge in [-0.05, 0) is 36.8 Å². The SMILES string of the molecule is Cc1cccc(N2C(c3ccccc3)=NNN2c2ccccc2)c1.Cl. The number of halogens is 1. The van der Waals surface area contributed by atoms with Crippen LogP contribution in [0.4, 0.5) is 11.4 Å². The first-order chi connectivity index (χ1) is 11.8. The molecule has 25 heavy (non-hydrogen) atoms. The predicted octanol–water partition coefficient (Wildman–Crippen LogP) is 4.52. The van der Waals surface area contributed by atoms with Crippen LogP contribution in [0, 0.1) is 6.92 Å². The van der Waals surface area contributed by atoms with E-state index < -0.39 is 0 Å². The molecule has 1 heterocycles. The number of hydrazone groups is 1. The number of amidine groups is 1. The fourth-order valence-corrected chi connectivity index (χ4v) is 2.80. The lowest BCUT2D eigenvalue weighted by Crippen LogP contribution is -2.46. The third-order valence-electron chi connectivity index (χ3n) is 3.93. The third-order valence-corrected chi connectivity index (χ3v) is 3.93. The van der Waals surface area contributed by atoms with Crippen LogP contribution in [-0.2, 0) is 0 Å². The summed E-state index contributed by atoms with van der Waals surface area (Å²) in [5.74, 6) is 0.866. The molecule has 0 aliphatic carbocycles. The largest absolute Gasteiger partial charge is 0.213 e. The minimum Gasteiger partial charge on any atom is -0.213 e. The number of benzene rings is 3. The quantitative estimate of drug-likeness (QED) is 0.753. The Morgan fingerprint density at radius 2 is 1.40 bits per heavy atom. The second-order valence-electron chi connectivity index (χ2n) is 5.70. The van der Waals surface area contributed by atoms with E-state index in [2.05, 4.69) is 71.1 Å². The van der Waals surface area contributed by atoms with Gasteiger partial charge in [0.15, 0.2) is 5.84 Å². The molecule has 4 nitrogen and oxygen atoms in total. The Kier molecular flexibility index (Phi) is 4.91. The number of anilines is 2. The van der Waals surface area contributed by atoms with Gasteiger partial charge in [-0.2, -0.15) is 10.7 Å². The Hall–Kier alpha value is -2.98. The van der Waals surface area contributed by atoms with E-state index in [1.54, 1.807) is 0 Å². The first-order valence-corrected chi connectivity index (χ1v) is 7.93. The summed E-state index contributed by atoms with van der Waals surface area (Å²) >= 11 is 0. The van der Waals surface area contributed by atoms with Gasteiger partial charge < -0.3 is 0 Å². The zero-order valence-electron chi connectivity index (χ0n) is 13.8. The number of hydrazine groups is 2. The maximum Gasteiger partial charge on any atom is 0.182 e. The molecule has 0 saturated heterocycles. The molecule has 0 spiro atoms. The van der Waals surface area contributed by atoms with Gasteiger partial charge in [-0.3, -0.25) is 0 Å². The number of nitrogens with zero attached hydrogens (tertiary/aromatic N) is 3. The zero-order chi connectivity index (χ0) is 16.4. The molecule has 1 N–H and O–H groups in total. The molecule has 0 radical (unpaired) electrons. The lowest BCUT2D eigenvalue weighted by molar-refractivity contribution is 0.723. The van der Waals surface area contributed by atoms with Gasteiger partial charge in [0.05, 0.1) is 11.4 Å². The summed E-state index contributed by atoms with van der Waals surface area (Å²) in [6.07, 6.45) is 0. The van der Waals surface area contributed by atoms with Gasteiger partial charge in [0.1, 0.15) is 0 Å². The number of nitrogens with one attached hydrogen (secondary N) is 1. The Bertz CT molecular complexity index is 865. The normalized spacial score (nSPS) is 13.1. The fourth-order valence-electron chi connectivity index (χ4n) is 2.80. The molecule has 0 amide bonds. The van der Waals surface area contributed by atoms with E-state index in [1.807, 2.05) is 41.5 Å². The van der Waals surface area contributed by atoms with Crippen LogP contribution >= 0.6 is 12.4 Å². The maximum atomic E-state index is 4.57. The van der Waals surface area contributed by atoms with E-state index in [1.165, 1.54) is 5.56 Å². The Labute approximate surface area is 153 Å². The molecule has 0 aromatic heterocycles. The van der Waals surface area contributed by atoms with Crippen LogP contribution in [0.5, 0.6) is 0 Å². The van der Waals surface area contributed by atoms with Crippen LogP contribution in [0.3, 0.4) is 0 Å². The molecule has 0 bridgehead atoms. The highest BCUT2D eigenvalue weighted by Crippen LogP contribution is 2.27. The number of aryl methyl sites for hydroxylation is 1. The van der Waals surface area contributed by atoms with Gasteiger partial charge in [0.25, 0.3) is 0 Å². The van der Waals surface area contributed by atoms with Crippen molar-refractivity contribution in [3.05, 3.63) is 96.1 Å². The lowest BCUT2D eigenvalue weighted by atomic mass is 10.1. The van der Waals surface area contributed by atoms with E-state index in [4.69, 9.17) is 0 Å². The van der Waals surface area contributed by atoms with Crippen molar-refractivity contribution in [3.8, 4) is 0 Å². The second-order valence-corrected chi connectivity index (χ2v) is 5.70. The fraction of sp³-hybridized carbons (Fsp3) is 0.0500. The van der Waals surface area contributed by atoms with Crippen molar-refractivity contribution in [1.82, 2.24) is 5.53 Å². The first-order valence-electron chi connectivity index (χ1n) is 7.93. The molecule has 3 aromatic carbocycles. The van der Waals surface area contributed by atoms with E-state index in [0.29, 0.717) is 0 Å². The number of hydrogen-bond donors (Lipinski definition) is 1. The zero-order valence-corrected chi connectivity index (χ0v) is 14.6. The first kappa shape index (κ1) is 16.9. The van der Waals surface area contributed by atoms with Gasteiger partial charge in [0.2, 0.25) is 0 Å². The van der Waals surface area contributed by atoms with Crippen LogP contribution in [0.2, 0.25) is 0 Å². The number of rotatable bonds is 3. The molecular formula is C20H19ClN4. The molecule has 4 rings (SSSR count). The maximum absolute atomic E-state index is 4.57. The summed E-state index contributed by atoms with van der Waals surface area (Å²) in [5, 5.41) is 8.62. The van der Waals surface area contributed by atoms with Gasteiger partial charge >= 0.3 is 0 Å². The van der Waals surface area contributed by atoms with Crippen molar-refractivity contribution in [3.63, 3.8) is 0 Å². The van der Waals surface area contributed by atoms with Gasteiger partial charge in [-0.15, -0.1) is 17.5 Å². The average Bonchev–Trinajstić information content (AvgIpc) is 3.08. The monoisotopic (exact) mass is 350 g/mol. The van der Waals surface area contributed by atoms with Crippen molar-refractivity contribution in [2.24, 2.45) is 5.10 Å². The van der Waals surface area contributed by atoms with Crippen LogP contribution in [-0.4, -0.2) is 5.84 Å². The Morgan fingerprint density at radius 1 is 0.760 bits per heavy atom. The lowest BCUT2D eigenvalue weighted by Gasteiger charge is -2.30. The van der Waals surface area contributed by atoms with Crippen molar-refractivity contribution in [2.75, 3.05) is 10.1 Å². The highest BCUT2D eigenvalue weighted by atomic mass is 35.5. The van der Waals surface area contributed by atoms with Crippen LogP contribution in [0.1, 0.15) is 11.1 Å². The van der Waals surface area contributed by atoms with Gasteiger partial charge in [-0.25, -0.2) is 5.01 Å². The molecule has 0 atom stereocenters. The van der Waals surface area contributed by atoms with Gasteiger partial charge in [-0.1, -0.05) is 60.7 Å². The summed E-state index contributed by atoms with van der Waals surface area (Å²) in [6.45, 7) is 2.10. The van der Waals surface area contributed by atoms with E-state index in [-0.39, 0.29) is 12.4 Å². The summed E-state index contributed by atoms with van der Waals surface area (Å²) in [5.41, 5.74) is 7.49. The number of para-hydroxylation sites is 1. The van der Waals surface area contributed by atoms with Crippen molar-refractivity contribution in [1.29, 1.82) is 0 Å². The standard InChI is InChI=1S/C20H18N4.ClH/c1-16-9-8-14-19(15-16)23-20(17-10-4-2-5-11-17)21-22-24(23)18-12-6-3-7-13-18;/h2-15,22H,1H3;1H. The minimum absolute atomic E-state index is 0. The highest BCUT2D eigenvalue weighted by molar-refractivity contribution is 6.12. The summed E-state index contributed by atoms with van der Waals surface area (Å²) in [6, 6.07) is 28.8. The summed E-state index contributed by atoms with van der Waals surface area (Å²) in [4.78, 5) is 0. The van der Waals surface area contributed by atoms with Crippen LogP contribution in [0.25, 0.3) is 0 Å². The predicted molar refractivity (Wildman–Crippen MR) is 106 cm³/mol. The Morgan fingerprint density at radius 3 is 2.08 bits per heavy atom. The number of hydrogen-bond acceptors (Lipinski definition) is 4. The summed E-state index contributed by atoms with van der Waals surface area (Å²) in [7, 11) is 0. The minimum atomic E-state index is 0. The molecule has 3 aromatic rings. The molecule has 0 saturated carbocycles. The van der Waals surface area contributed by atoms with Crippen molar-refractivity contribution < 1.29 is 0 Å². The molecule has 1 aliphatic heterocycles. The van der Waals surface area contributed by atoms with Crippen LogP contribution in [0.15, 0.2) is 90.0 Å². The van der Waals surface area contributed by atoms with Crippen LogP contribution < -0.4 is 15.7 Å². The smallest absolute Gasteiger partial charge is 0.182 e. The molecule has 0 fully saturated rings. The second kappa shape index (κ2) is 7.28. The molecular weight excluding hydrogens is 332 g/mol. The summed E-state index contributed by atoms with van der Waals surface area (Å²) < 4.78 is 0. The Balaban J connectivity index is 0.00000182. The van der Waals surface area contributed by atoms with E-state index in [9.17, 15) is 0 Å². The topological polar surface area (TPSA) is 30.9 Å².